The van der Waals surface area contributed by atoms with Crippen LogP contribution in [0.4, 0.5) is 5.69 Å². The van der Waals surface area contributed by atoms with Gasteiger partial charge in [-0.1, -0.05) is 19.1 Å². The number of nitrogens with zero attached hydrogens (tertiary/aromatic N) is 1. The molecular formula is C18H23NO3. The Kier molecular flexibility index (Phi) is 4.19. The first-order valence-corrected chi connectivity index (χ1v) is 8.23. The first-order valence-electron chi connectivity index (χ1n) is 8.23. The first kappa shape index (κ1) is 15.1. The molecule has 118 valence electrons. The lowest BCUT2D eigenvalue weighted by atomic mass is 9.73. The fraction of sp³-hybridized carbons (Fsp3) is 0.556. The Morgan fingerprint density at radius 3 is 2.18 bits per heavy atom. The van der Waals surface area contributed by atoms with Crippen LogP contribution in [0.25, 0.3) is 0 Å². The van der Waals surface area contributed by atoms with Crippen LogP contribution >= 0.6 is 0 Å². The number of hydrogen-bond acceptors (Lipinski definition) is 2. The maximum absolute atomic E-state index is 12.8. The lowest BCUT2D eigenvalue weighted by Crippen LogP contribution is -2.47. The summed E-state index contributed by atoms with van der Waals surface area (Å²) in [6, 6.07) is 8.09. The number of hydrogen-bond donors (Lipinski definition) is 1. The molecule has 22 heavy (non-hydrogen) atoms. The fourth-order valence-electron chi connectivity index (χ4n) is 3.08. The van der Waals surface area contributed by atoms with E-state index in [0.29, 0.717) is 18.8 Å². The van der Waals surface area contributed by atoms with E-state index in [0.717, 1.165) is 18.7 Å². The van der Waals surface area contributed by atoms with E-state index in [1.54, 1.807) is 0 Å². The van der Waals surface area contributed by atoms with Crippen molar-refractivity contribution >= 4 is 17.6 Å². The van der Waals surface area contributed by atoms with Crippen LogP contribution in [0.5, 0.6) is 0 Å². The number of aryl methyl sites for hydroxylation is 1. The number of anilines is 1. The van der Waals surface area contributed by atoms with E-state index in [1.807, 2.05) is 17.0 Å². The molecule has 1 amide bonds. The summed E-state index contributed by atoms with van der Waals surface area (Å²) >= 11 is 0. The molecule has 0 bridgehead atoms. The number of aliphatic carboxylic acids is 1. The summed E-state index contributed by atoms with van der Waals surface area (Å²) < 4.78 is 0. The van der Waals surface area contributed by atoms with E-state index in [9.17, 15) is 14.7 Å². The predicted octanol–water partition coefficient (Wildman–Crippen LogP) is 3.10. The molecule has 3 rings (SSSR count). The number of carboxylic acids is 1. The molecule has 0 unspecified atom stereocenters. The third-order valence-electron chi connectivity index (χ3n) is 4.97. The van der Waals surface area contributed by atoms with Crippen molar-refractivity contribution in [2.24, 2.45) is 17.8 Å². The van der Waals surface area contributed by atoms with Gasteiger partial charge < -0.3 is 10.0 Å². The zero-order valence-corrected chi connectivity index (χ0v) is 13.0. The highest BCUT2D eigenvalue weighted by atomic mass is 16.4. The lowest BCUT2D eigenvalue weighted by molar-refractivity contribution is -0.152. The second-order valence-corrected chi connectivity index (χ2v) is 6.54. The Labute approximate surface area is 131 Å². The van der Waals surface area contributed by atoms with Crippen molar-refractivity contribution in [3.8, 4) is 0 Å². The molecule has 1 N–H and O–H groups in total. The van der Waals surface area contributed by atoms with Crippen molar-refractivity contribution in [1.29, 1.82) is 0 Å². The molecule has 2 atom stereocenters. The van der Waals surface area contributed by atoms with E-state index < -0.39 is 11.9 Å². The van der Waals surface area contributed by atoms with Crippen molar-refractivity contribution in [2.45, 2.75) is 39.0 Å². The summed E-state index contributed by atoms with van der Waals surface area (Å²) in [6.07, 6.45) is 4.63. The normalized spacial score (nSPS) is 23.7. The number of rotatable bonds is 6. The molecular weight excluding hydrogens is 278 g/mol. The summed E-state index contributed by atoms with van der Waals surface area (Å²) in [4.78, 5) is 25.9. The predicted molar refractivity (Wildman–Crippen MR) is 84.7 cm³/mol. The first-order chi connectivity index (χ1) is 10.6. The Morgan fingerprint density at radius 2 is 1.73 bits per heavy atom. The molecule has 2 aliphatic carbocycles. The summed E-state index contributed by atoms with van der Waals surface area (Å²) in [5.41, 5.74) is 2.15. The number of carbonyl (C=O) groups is 2. The zero-order chi connectivity index (χ0) is 15.7. The van der Waals surface area contributed by atoms with Gasteiger partial charge in [-0.15, -0.1) is 0 Å². The van der Waals surface area contributed by atoms with Crippen molar-refractivity contribution in [2.75, 3.05) is 11.4 Å². The van der Waals surface area contributed by atoms with Crippen molar-refractivity contribution in [3.63, 3.8) is 0 Å². The van der Waals surface area contributed by atoms with Gasteiger partial charge in [0, 0.05) is 12.2 Å². The summed E-state index contributed by atoms with van der Waals surface area (Å²) in [7, 11) is 0. The van der Waals surface area contributed by atoms with E-state index in [-0.39, 0.29) is 11.8 Å². The quantitative estimate of drug-likeness (QED) is 0.878. The molecule has 0 spiro atoms. The molecule has 4 heteroatoms. The highest BCUT2D eigenvalue weighted by Gasteiger charge is 2.44. The van der Waals surface area contributed by atoms with Crippen molar-refractivity contribution in [3.05, 3.63) is 29.8 Å². The zero-order valence-electron chi connectivity index (χ0n) is 13.0. The molecule has 1 aromatic carbocycles. The van der Waals surface area contributed by atoms with Crippen LogP contribution in [0, 0.1) is 17.8 Å². The van der Waals surface area contributed by atoms with E-state index in [4.69, 9.17) is 0 Å². The van der Waals surface area contributed by atoms with Crippen molar-refractivity contribution < 1.29 is 14.7 Å². The van der Waals surface area contributed by atoms with E-state index >= 15 is 0 Å². The Hall–Kier alpha value is -1.84. The van der Waals surface area contributed by atoms with Gasteiger partial charge in [0.05, 0.1) is 11.8 Å². The standard InChI is InChI=1S/C18H23NO3/c1-2-12-5-7-14(8-6-12)19(11-13-3-4-13)17(20)15-9-10-16(15)18(21)22/h5-8,13,15-16H,2-4,9-11H2,1H3,(H,21,22)/t15-,16+/m1/s1. The van der Waals surface area contributed by atoms with Crippen LogP contribution in [0.3, 0.4) is 0 Å². The van der Waals surface area contributed by atoms with Gasteiger partial charge in [-0.3, -0.25) is 9.59 Å². The second-order valence-electron chi connectivity index (χ2n) is 6.54. The summed E-state index contributed by atoms with van der Waals surface area (Å²) in [6.45, 7) is 2.83. The SMILES string of the molecule is CCc1ccc(N(CC2CC2)C(=O)[C@@H]2CC[C@@H]2C(=O)O)cc1. The van der Waals surface area contributed by atoms with Gasteiger partial charge in [0.25, 0.3) is 0 Å². The molecule has 4 nitrogen and oxygen atoms in total. The molecule has 0 heterocycles. The monoisotopic (exact) mass is 301 g/mol. The van der Waals surface area contributed by atoms with Crippen LogP contribution < -0.4 is 4.90 Å². The third-order valence-corrected chi connectivity index (χ3v) is 4.97. The maximum Gasteiger partial charge on any atom is 0.307 e. The topological polar surface area (TPSA) is 57.6 Å². The second kappa shape index (κ2) is 6.11. The van der Waals surface area contributed by atoms with Crippen LogP contribution in [0.2, 0.25) is 0 Å². The fourth-order valence-corrected chi connectivity index (χ4v) is 3.08. The number of carbonyl (C=O) groups excluding carboxylic acids is 1. The average molecular weight is 301 g/mol. The van der Waals surface area contributed by atoms with Gasteiger partial charge in [-0.25, -0.2) is 0 Å². The van der Waals surface area contributed by atoms with Crippen LogP contribution in [-0.2, 0) is 16.0 Å². The molecule has 2 fully saturated rings. The van der Waals surface area contributed by atoms with Crippen LogP contribution in [0.1, 0.15) is 38.2 Å². The molecule has 0 saturated heterocycles. The van der Waals surface area contributed by atoms with E-state index in [1.165, 1.54) is 18.4 Å². The van der Waals surface area contributed by atoms with Gasteiger partial charge >= 0.3 is 5.97 Å². The Balaban J connectivity index is 1.79. The number of amides is 1. The van der Waals surface area contributed by atoms with Gasteiger partial charge in [-0.2, -0.15) is 0 Å². The molecule has 2 saturated carbocycles. The Morgan fingerprint density at radius 1 is 1.09 bits per heavy atom. The molecule has 2 aliphatic rings. The van der Waals surface area contributed by atoms with E-state index in [2.05, 4.69) is 19.1 Å². The minimum atomic E-state index is -0.836. The van der Waals surface area contributed by atoms with Crippen molar-refractivity contribution in [1.82, 2.24) is 0 Å². The lowest BCUT2D eigenvalue weighted by Gasteiger charge is -2.36. The molecule has 1 aromatic rings. The minimum Gasteiger partial charge on any atom is -0.481 e. The Bertz CT molecular complexity index is 562. The number of carboxylic acid groups (broad SMARTS) is 1. The largest absolute Gasteiger partial charge is 0.481 e. The highest BCUT2D eigenvalue weighted by molar-refractivity contribution is 5.98. The average Bonchev–Trinajstić information content (AvgIpc) is 3.27. The highest BCUT2D eigenvalue weighted by Crippen LogP contribution is 2.38. The summed E-state index contributed by atoms with van der Waals surface area (Å²) in [5, 5.41) is 9.20. The van der Waals surface area contributed by atoms with Gasteiger partial charge in [0.1, 0.15) is 0 Å². The van der Waals surface area contributed by atoms with Gasteiger partial charge in [0.15, 0.2) is 0 Å². The van der Waals surface area contributed by atoms with Gasteiger partial charge in [-0.05, 0) is 55.7 Å². The number of benzene rings is 1. The maximum atomic E-state index is 12.8. The molecule has 0 aliphatic heterocycles. The third kappa shape index (κ3) is 3.01. The summed E-state index contributed by atoms with van der Waals surface area (Å²) in [5.74, 6) is -1.10. The molecule has 0 radical (unpaired) electrons. The van der Waals surface area contributed by atoms with Crippen LogP contribution in [0.15, 0.2) is 24.3 Å². The smallest absolute Gasteiger partial charge is 0.307 e. The van der Waals surface area contributed by atoms with Gasteiger partial charge in [0.2, 0.25) is 5.91 Å². The van der Waals surface area contributed by atoms with Crippen LogP contribution in [-0.4, -0.2) is 23.5 Å². The minimum absolute atomic E-state index is 0.00482. The molecule has 0 aromatic heterocycles.